The smallest absolute Gasteiger partial charge is 0.151 e. The number of hydrogen-bond acceptors (Lipinski definition) is 3. The van der Waals surface area contributed by atoms with E-state index in [2.05, 4.69) is 30.9 Å². The fourth-order valence-corrected chi connectivity index (χ4v) is 1.89. The number of nitrogens with zero attached hydrogens (tertiary/aromatic N) is 3. The van der Waals surface area contributed by atoms with Gasteiger partial charge in [-0.25, -0.2) is 9.67 Å². The molecule has 15 heavy (non-hydrogen) atoms. The first-order valence-corrected chi connectivity index (χ1v) is 5.55. The highest BCUT2D eigenvalue weighted by Crippen LogP contribution is 2.20. The van der Waals surface area contributed by atoms with E-state index in [9.17, 15) is 5.11 Å². The minimum absolute atomic E-state index is 0.218. The Balaban J connectivity index is 2.16. The van der Waals surface area contributed by atoms with Crippen molar-refractivity contribution in [2.45, 2.75) is 52.7 Å². The fraction of sp³-hybridized carbons (Fsp3) is 0.818. The van der Waals surface area contributed by atoms with Gasteiger partial charge in [-0.3, -0.25) is 0 Å². The number of hydrogen-bond donors (Lipinski definition) is 1. The lowest BCUT2D eigenvalue weighted by molar-refractivity contribution is 0.124. The maximum Gasteiger partial charge on any atom is 0.151 e. The van der Waals surface area contributed by atoms with E-state index in [-0.39, 0.29) is 11.5 Å². The van der Waals surface area contributed by atoms with Crippen molar-refractivity contribution in [3.63, 3.8) is 0 Å². The summed E-state index contributed by atoms with van der Waals surface area (Å²) in [4.78, 5) is 4.51. The largest absolute Gasteiger partial charge is 0.391 e. The summed E-state index contributed by atoms with van der Waals surface area (Å²) in [5, 5.41) is 13.9. The van der Waals surface area contributed by atoms with Gasteiger partial charge in [0, 0.05) is 12.8 Å². The average molecular weight is 209 g/mol. The van der Waals surface area contributed by atoms with Crippen LogP contribution in [0, 0.1) is 5.41 Å². The van der Waals surface area contributed by atoms with Crippen molar-refractivity contribution < 1.29 is 5.11 Å². The zero-order chi connectivity index (χ0) is 11.1. The Labute approximate surface area is 90.3 Å². The van der Waals surface area contributed by atoms with Crippen LogP contribution >= 0.6 is 0 Å². The highest BCUT2D eigenvalue weighted by molar-refractivity contribution is 4.98. The second-order valence-electron chi connectivity index (χ2n) is 5.56. The highest BCUT2D eigenvalue weighted by Gasteiger charge is 2.21. The first-order valence-electron chi connectivity index (χ1n) is 5.55. The van der Waals surface area contributed by atoms with Crippen LogP contribution in [-0.2, 0) is 19.4 Å². The van der Waals surface area contributed by atoms with Gasteiger partial charge in [-0.05, 0) is 11.8 Å². The monoisotopic (exact) mass is 209 g/mol. The fourth-order valence-electron chi connectivity index (χ4n) is 1.89. The molecule has 0 fully saturated rings. The Morgan fingerprint density at radius 3 is 2.87 bits per heavy atom. The van der Waals surface area contributed by atoms with Crippen molar-refractivity contribution in [1.29, 1.82) is 0 Å². The van der Waals surface area contributed by atoms with Crippen LogP contribution in [0.1, 0.15) is 38.8 Å². The van der Waals surface area contributed by atoms with Gasteiger partial charge in [-0.15, -0.1) is 0 Å². The molecule has 2 rings (SSSR count). The van der Waals surface area contributed by atoms with Crippen molar-refractivity contribution in [1.82, 2.24) is 14.8 Å². The summed E-state index contributed by atoms with van der Waals surface area (Å²) in [6, 6.07) is 0. The van der Waals surface area contributed by atoms with Gasteiger partial charge < -0.3 is 5.11 Å². The zero-order valence-electron chi connectivity index (χ0n) is 9.69. The molecular formula is C11H19N3O. The lowest BCUT2D eigenvalue weighted by Gasteiger charge is -2.16. The molecule has 2 heterocycles. The molecule has 0 aliphatic carbocycles. The number of fused-ring (bicyclic) bond motifs is 1. The quantitative estimate of drug-likeness (QED) is 0.755. The molecule has 0 radical (unpaired) electrons. The molecule has 0 bridgehead atoms. The van der Waals surface area contributed by atoms with Crippen molar-refractivity contribution in [3.8, 4) is 0 Å². The van der Waals surface area contributed by atoms with Gasteiger partial charge in [0.25, 0.3) is 0 Å². The summed E-state index contributed by atoms with van der Waals surface area (Å²) in [7, 11) is 0. The second-order valence-corrected chi connectivity index (χ2v) is 5.56. The third-order valence-electron chi connectivity index (χ3n) is 2.57. The first-order chi connectivity index (χ1) is 6.94. The molecule has 0 amide bonds. The topological polar surface area (TPSA) is 50.9 Å². The molecule has 84 valence electrons. The molecular weight excluding hydrogens is 190 g/mol. The lowest BCUT2D eigenvalue weighted by Crippen LogP contribution is -2.25. The predicted molar refractivity (Wildman–Crippen MR) is 57.5 cm³/mol. The highest BCUT2D eigenvalue weighted by atomic mass is 16.3. The zero-order valence-corrected chi connectivity index (χ0v) is 9.69. The van der Waals surface area contributed by atoms with Gasteiger partial charge in [-0.1, -0.05) is 20.8 Å². The molecule has 1 aliphatic heterocycles. The summed E-state index contributed by atoms with van der Waals surface area (Å²) < 4.78 is 1.86. The predicted octanol–water partition coefficient (Wildman–Crippen LogP) is 1.17. The van der Waals surface area contributed by atoms with E-state index in [0.717, 1.165) is 30.9 Å². The molecule has 1 aromatic heterocycles. The van der Waals surface area contributed by atoms with Gasteiger partial charge in [0.1, 0.15) is 5.82 Å². The van der Waals surface area contributed by atoms with Crippen LogP contribution in [-0.4, -0.2) is 26.0 Å². The van der Waals surface area contributed by atoms with E-state index in [1.807, 2.05) is 4.68 Å². The minimum Gasteiger partial charge on any atom is -0.391 e. The third kappa shape index (κ3) is 2.56. The Hall–Kier alpha value is -0.900. The van der Waals surface area contributed by atoms with Crippen molar-refractivity contribution in [2.75, 3.05) is 0 Å². The van der Waals surface area contributed by atoms with E-state index in [1.54, 1.807) is 0 Å². The van der Waals surface area contributed by atoms with Crippen LogP contribution in [0.3, 0.4) is 0 Å². The van der Waals surface area contributed by atoms with Gasteiger partial charge in [-0.2, -0.15) is 5.10 Å². The van der Waals surface area contributed by atoms with Crippen molar-refractivity contribution in [3.05, 3.63) is 11.6 Å². The van der Waals surface area contributed by atoms with Gasteiger partial charge in [0.05, 0.1) is 12.6 Å². The third-order valence-corrected chi connectivity index (χ3v) is 2.57. The summed E-state index contributed by atoms with van der Waals surface area (Å²) in [5.74, 6) is 1.94. The van der Waals surface area contributed by atoms with Crippen molar-refractivity contribution in [2.24, 2.45) is 5.41 Å². The number of aliphatic hydroxyl groups excluding tert-OH is 1. The van der Waals surface area contributed by atoms with Gasteiger partial charge >= 0.3 is 0 Å². The Morgan fingerprint density at radius 2 is 2.20 bits per heavy atom. The second kappa shape index (κ2) is 3.59. The maximum atomic E-state index is 9.51. The van der Waals surface area contributed by atoms with Crippen LogP contribution in [0.25, 0.3) is 0 Å². The Morgan fingerprint density at radius 1 is 1.47 bits per heavy atom. The first kappa shape index (κ1) is 10.6. The van der Waals surface area contributed by atoms with Crippen LogP contribution in [0.5, 0.6) is 0 Å². The molecule has 1 aliphatic rings. The minimum atomic E-state index is -0.248. The standard InChI is InChI=1S/C11H19N3O/c1-11(2,3)6-9-12-10-5-4-8(15)7-14(10)13-9/h8,15H,4-7H2,1-3H3. The van der Waals surface area contributed by atoms with Crippen LogP contribution < -0.4 is 0 Å². The van der Waals surface area contributed by atoms with E-state index in [4.69, 9.17) is 0 Å². The maximum absolute atomic E-state index is 9.51. The van der Waals surface area contributed by atoms with Crippen LogP contribution in [0.2, 0.25) is 0 Å². The number of aryl methyl sites for hydroxylation is 1. The molecule has 1 N–H and O–H groups in total. The molecule has 0 aromatic carbocycles. The normalized spacial score (nSPS) is 21.5. The van der Waals surface area contributed by atoms with Crippen LogP contribution in [0.15, 0.2) is 0 Å². The SMILES string of the molecule is CC(C)(C)Cc1nc2n(n1)CC(O)CC2. The summed E-state index contributed by atoms with van der Waals surface area (Å²) in [6.45, 7) is 7.15. The number of aromatic nitrogens is 3. The summed E-state index contributed by atoms with van der Waals surface area (Å²) in [6.07, 6.45) is 2.30. The van der Waals surface area contributed by atoms with E-state index < -0.39 is 0 Å². The lowest BCUT2D eigenvalue weighted by atomic mass is 9.92. The molecule has 1 unspecified atom stereocenters. The van der Waals surface area contributed by atoms with E-state index >= 15 is 0 Å². The average Bonchev–Trinajstić information content (AvgIpc) is 2.42. The van der Waals surface area contributed by atoms with Gasteiger partial charge in [0.15, 0.2) is 5.82 Å². The Bertz CT molecular complexity index is 351. The molecule has 0 saturated carbocycles. The van der Waals surface area contributed by atoms with E-state index in [1.165, 1.54) is 0 Å². The molecule has 4 nitrogen and oxygen atoms in total. The molecule has 4 heteroatoms. The van der Waals surface area contributed by atoms with E-state index in [0.29, 0.717) is 6.54 Å². The van der Waals surface area contributed by atoms with Crippen molar-refractivity contribution >= 4 is 0 Å². The summed E-state index contributed by atoms with van der Waals surface area (Å²) >= 11 is 0. The molecule has 0 spiro atoms. The molecule has 1 aromatic rings. The van der Waals surface area contributed by atoms with Gasteiger partial charge in [0.2, 0.25) is 0 Å². The molecule has 1 atom stereocenters. The number of rotatable bonds is 1. The summed E-state index contributed by atoms with van der Waals surface area (Å²) in [5.41, 5.74) is 0.218. The van der Waals surface area contributed by atoms with Crippen LogP contribution in [0.4, 0.5) is 0 Å². The molecule has 0 saturated heterocycles. The number of aliphatic hydroxyl groups is 1. The Kier molecular flexibility index (Phi) is 2.54.